The number of rotatable bonds is 2. The van der Waals surface area contributed by atoms with Crippen molar-refractivity contribution in [3.05, 3.63) is 0 Å². The zero-order valence-electron chi connectivity index (χ0n) is 6.56. The van der Waals surface area contributed by atoms with E-state index in [9.17, 15) is 0 Å². The van der Waals surface area contributed by atoms with E-state index in [1.54, 1.807) is 0 Å². The maximum atomic E-state index is 2.58. The van der Waals surface area contributed by atoms with Crippen molar-refractivity contribution >= 4 is 0 Å². The van der Waals surface area contributed by atoms with E-state index in [4.69, 9.17) is 0 Å². The first-order chi connectivity index (χ1) is 4.34. The molecule has 1 fully saturated rings. The van der Waals surface area contributed by atoms with Crippen molar-refractivity contribution in [3.63, 3.8) is 0 Å². The predicted octanol–water partition coefficient (Wildman–Crippen LogP) is 1.88. The average molecular weight is 127 g/mol. The first-order valence-corrected chi connectivity index (χ1v) is 4.08. The van der Waals surface area contributed by atoms with Crippen LogP contribution < -0.4 is 0 Å². The molecule has 0 spiro atoms. The van der Waals surface area contributed by atoms with Gasteiger partial charge in [-0.15, -0.1) is 0 Å². The van der Waals surface area contributed by atoms with Crippen LogP contribution in [0.4, 0.5) is 0 Å². The van der Waals surface area contributed by atoms with Gasteiger partial charge in [0.05, 0.1) is 0 Å². The summed E-state index contributed by atoms with van der Waals surface area (Å²) in [7, 11) is 0. The van der Waals surface area contributed by atoms with Gasteiger partial charge in [-0.05, 0) is 39.3 Å². The molecule has 1 heterocycles. The second-order valence-corrected chi connectivity index (χ2v) is 3.03. The minimum absolute atomic E-state index is 0.866. The van der Waals surface area contributed by atoms with Crippen LogP contribution in [-0.4, -0.2) is 24.0 Å². The van der Waals surface area contributed by atoms with Crippen molar-refractivity contribution < 1.29 is 0 Å². The summed E-state index contributed by atoms with van der Waals surface area (Å²) in [5.41, 5.74) is 0. The Labute approximate surface area is 58.0 Å². The molecule has 0 aliphatic carbocycles. The van der Waals surface area contributed by atoms with Gasteiger partial charge in [0.15, 0.2) is 0 Å². The quantitative estimate of drug-likeness (QED) is 0.547. The third-order valence-corrected chi connectivity index (χ3v) is 2.20. The fourth-order valence-corrected chi connectivity index (χ4v) is 1.61. The van der Waals surface area contributed by atoms with Gasteiger partial charge in [0, 0.05) is 6.04 Å². The lowest BCUT2D eigenvalue weighted by Gasteiger charge is -2.19. The van der Waals surface area contributed by atoms with E-state index in [1.807, 2.05) is 0 Å². The van der Waals surface area contributed by atoms with Gasteiger partial charge in [-0.2, -0.15) is 0 Å². The standard InChI is InChI=1S/C8H17N/c1-3-6-9-7-4-5-8(9)2/h8H,3-7H2,1-2H3/t8-/m1/s1. The molecule has 0 aromatic heterocycles. The fraction of sp³-hybridized carbons (Fsp3) is 1.00. The van der Waals surface area contributed by atoms with E-state index in [-0.39, 0.29) is 0 Å². The summed E-state index contributed by atoms with van der Waals surface area (Å²) < 4.78 is 0. The molecule has 1 rings (SSSR count). The van der Waals surface area contributed by atoms with Crippen molar-refractivity contribution in [2.75, 3.05) is 13.1 Å². The summed E-state index contributed by atoms with van der Waals surface area (Å²) in [5, 5.41) is 0. The Morgan fingerprint density at radius 3 is 2.78 bits per heavy atom. The Balaban J connectivity index is 2.22. The van der Waals surface area contributed by atoms with Crippen molar-refractivity contribution in [2.24, 2.45) is 0 Å². The molecule has 1 nitrogen and oxygen atoms in total. The SMILES string of the molecule is CCCN1CCC[C@H]1C. The fourth-order valence-electron chi connectivity index (χ4n) is 1.61. The van der Waals surface area contributed by atoms with Crippen LogP contribution in [0.25, 0.3) is 0 Å². The highest BCUT2D eigenvalue weighted by atomic mass is 15.2. The largest absolute Gasteiger partial charge is 0.301 e. The van der Waals surface area contributed by atoms with Crippen LogP contribution >= 0.6 is 0 Å². The molecule has 1 heteroatoms. The molecule has 9 heavy (non-hydrogen) atoms. The van der Waals surface area contributed by atoms with E-state index in [1.165, 1.54) is 32.4 Å². The molecule has 0 unspecified atom stereocenters. The Kier molecular flexibility index (Phi) is 2.52. The normalized spacial score (nSPS) is 29.3. The lowest BCUT2D eigenvalue weighted by atomic mass is 10.2. The topological polar surface area (TPSA) is 3.24 Å². The van der Waals surface area contributed by atoms with E-state index in [2.05, 4.69) is 18.7 Å². The van der Waals surface area contributed by atoms with Gasteiger partial charge in [0.1, 0.15) is 0 Å². The predicted molar refractivity (Wildman–Crippen MR) is 40.6 cm³/mol. The van der Waals surface area contributed by atoms with Gasteiger partial charge in [-0.1, -0.05) is 6.92 Å². The van der Waals surface area contributed by atoms with Gasteiger partial charge >= 0.3 is 0 Å². The van der Waals surface area contributed by atoms with Crippen LogP contribution in [0, 0.1) is 0 Å². The Bertz CT molecular complexity index is 80.6. The maximum absolute atomic E-state index is 2.58. The van der Waals surface area contributed by atoms with Crippen LogP contribution in [0.15, 0.2) is 0 Å². The highest BCUT2D eigenvalue weighted by Crippen LogP contribution is 2.15. The second kappa shape index (κ2) is 3.21. The first kappa shape index (κ1) is 7.07. The lowest BCUT2D eigenvalue weighted by molar-refractivity contribution is 0.269. The Morgan fingerprint density at radius 1 is 1.56 bits per heavy atom. The summed E-state index contributed by atoms with van der Waals surface area (Å²) in [6.07, 6.45) is 4.14. The summed E-state index contributed by atoms with van der Waals surface area (Å²) in [5.74, 6) is 0. The summed E-state index contributed by atoms with van der Waals surface area (Å²) in [6.45, 7) is 7.24. The number of likely N-dealkylation sites (tertiary alicyclic amines) is 1. The molecular formula is C8H17N. The average Bonchev–Trinajstić information content (AvgIpc) is 2.18. The molecule has 1 saturated heterocycles. The number of hydrogen-bond donors (Lipinski definition) is 0. The molecule has 1 atom stereocenters. The molecule has 0 aromatic carbocycles. The van der Waals surface area contributed by atoms with Crippen LogP contribution in [-0.2, 0) is 0 Å². The van der Waals surface area contributed by atoms with Gasteiger partial charge in [-0.25, -0.2) is 0 Å². The number of nitrogens with zero attached hydrogens (tertiary/aromatic N) is 1. The zero-order chi connectivity index (χ0) is 6.69. The van der Waals surface area contributed by atoms with Crippen molar-refractivity contribution in [1.82, 2.24) is 4.90 Å². The molecule has 0 saturated carbocycles. The molecule has 1 aliphatic heterocycles. The third-order valence-electron chi connectivity index (χ3n) is 2.20. The van der Waals surface area contributed by atoms with Gasteiger partial charge in [0.25, 0.3) is 0 Å². The van der Waals surface area contributed by atoms with Crippen LogP contribution in [0.5, 0.6) is 0 Å². The maximum Gasteiger partial charge on any atom is 0.00673 e. The number of hydrogen-bond acceptors (Lipinski definition) is 1. The Hall–Kier alpha value is -0.0400. The van der Waals surface area contributed by atoms with Crippen molar-refractivity contribution in [2.45, 2.75) is 39.2 Å². The van der Waals surface area contributed by atoms with E-state index in [0.29, 0.717) is 0 Å². The zero-order valence-corrected chi connectivity index (χ0v) is 6.56. The molecule has 0 N–H and O–H groups in total. The minimum Gasteiger partial charge on any atom is -0.301 e. The smallest absolute Gasteiger partial charge is 0.00673 e. The summed E-state index contributed by atoms with van der Waals surface area (Å²) in [4.78, 5) is 2.58. The highest BCUT2D eigenvalue weighted by Gasteiger charge is 2.17. The van der Waals surface area contributed by atoms with Gasteiger partial charge in [-0.3, -0.25) is 0 Å². The molecule has 1 aliphatic rings. The molecule has 0 radical (unpaired) electrons. The van der Waals surface area contributed by atoms with E-state index >= 15 is 0 Å². The van der Waals surface area contributed by atoms with Gasteiger partial charge < -0.3 is 4.90 Å². The van der Waals surface area contributed by atoms with Crippen LogP contribution in [0.3, 0.4) is 0 Å². The lowest BCUT2D eigenvalue weighted by Crippen LogP contribution is -2.27. The first-order valence-electron chi connectivity index (χ1n) is 4.08. The van der Waals surface area contributed by atoms with E-state index < -0.39 is 0 Å². The molecular weight excluding hydrogens is 110 g/mol. The van der Waals surface area contributed by atoms with E-state index in [0.717, 1.165) is 6.04 Å². The van der Waals surface area contributed by atoms with Crippen molar-refractivity contribution in [1.29, 1.82) is 0 Å². The monoisotopic (exact) mass is 127 g/mol. The minimum atomic E-state index is 0.866. The third kappa shape index (κ3) is 1.68. The molecule has 0 amide bonds. The molecule has 54 valence electrons. The van der Waals surface area contributed by atoms with Gasteiger partial charge in [0.2, 0.25) is 0 Å². The highest BCUT2D eigenvalue weighted by molar-refractivity contribution is 4.73. The molecule has 0 aromatic rings. The second-order valence-electron chi connectivity index (χ2n) is 3.03. The molecule has 0 bridgehead atoms. The Morgan fingerprint density at radius 2 is 2.33 bits per heavy atom. The van der Waals surface area contributed by atoms with Crippen LogP contribution in [0.2, 0.25) is 0 Å². The summed E-state index contributed by atoms with van der Waals surface area (Å²) >= 11 is 0. The summed E-state index contributed by atoms with van der Waals surface area (Å²) in [6, 6.07) is 0.866. The van der Waals surface area contributed by atoms with Crippen LogP contribution in [0.1, 0.15) is 33.1 Å². The van der Waals surface area contributed by atoms with Crippen molar-refractivity contribution in [3.8, 4) is 0 Å².